The third-order valence-electron chi connectivity index (χ3n) is 5.70. The van der Waals surface area contributed by atoms with Crippen LogP contribution in [-0.2, 0) is 28.5 Å². The highest BCUT2D eigenvalue weighted by molar-refractivity contribution is 7.87. The zero-order chi connectivity index (χ0) is 23.0. The van der Waals surface area contributed by atoms with Gasteiger partial charge in [0.25, 0.3) is 10.2 Å². The first-order valence-electron chi connectivity index (χ1n) is 9.94. The fourth-order valence-corrected chi connectivity index (χ4v) is 5.41. The van der Waals surface area contributed by atoms with E-state index >= 15 is 0 Å². The van der Waals surface area contributed by atoms with Crippen LogP contribution in [0.2, 0.25) is 5.02 Å². The van der Waals surface area contributed by atoms with Crippen molar-refractivity contribution in [1.29, 1.82) is 0 Å². The third-order valence-corrected chi connectivity index (χ3v) is 7.59. The molecule has 0 amide bonds. The summed E-state index contributed by atoms with van der Waals surface area (Å²) in [7, 11) is -0.618. The molecule has 1 aromatic heterocycles. The Kier molecular flexibility index (Phi) is 6.17. The Morgan fingerprint density at radius 1 is 1.25 bits per heavy atom. The number of nitrogens with one attached hydrogen (secondary N) is 1. The van der Waals surface area contributed by atoms with E-state index in [1.807, 2.05) is 35.9 Å². The van der Waals surface area contributed by atoms with Gasteiger partial charge in [0.1, 0.15) is 5.82 Å². The molecule has 1 aliphatic rings. The first kappa shape index (κ1) is 22.6. The molecule has 2 aromatic carbocycles. The van der Waals surface area contributed by atoms with Gasteiger partial charge in [0.15, 0.2) is 5.78 Å². The Hall–Kier alpha value is -2.59. The maximum absolute atomic E-state index is 13.4. The molecule has 10 heteroatoms. The number of nitrogens with zero attached hydrogens (tertiary/aromatic N) is 3. The van der Waals surface area contributed by atoms with Gasteiger partial charge in [-0.15, -0.1) is 0 Å². The minimum absolute atomic E-state index is 0.0493. The van der Waals surface area contributed by atoms with Crippen molar-refractivity contribution in [2.45, 2.75) is 24.9 Å². The summed E-state index contributed by atoms with van der Waals surface area (Å²) in [4.78, 5) is 17.2. The van der Waals surface area contributed by atoms with Gasteiger partial charge in [-0.25, -0.2) is 9.37 Å². The molecule has 3 aromatic rings. The van der Waals surface area contributed by atoms with Gasteiger partial charge in [0.2, 0.25) is 0 Å². The van der Waals surface area contributed by atoms with E-state index in [0.717, 1.165) is 21.1 Å². The largest absolute Gasteiger partial charge is 0.334 e. The van der Waals surface area contributed by atoms with E-state index in [1.165, 1.54) is 25.2 Å². The number of carbonyl (C=O) groups excluding carboxylic acids is 1. The highest BCUT2D eigenvalue weighted by Gasteiger charge is 2.40. The molecule has 0 aliphatic carbocycles. The average Bonchev–Trinajstić information content (AvgIpc) is 3.18. The second-order valence-electron chi connectivity index (χ2n) is 7.85. The highest BCUT2D eigenvalue weighted by atomic mass is 35.5. The van der Waals surface area contributed by atoms with Crippen molar-refractivity contribution in [1.82, 2.24) is 18.6 Å². The zero-order valence-electron chi connectivity index (χ0n) is 17.5. The van der Waals surface area contributed by atoms with Crippen LogP contribution < -0.4 is 4.72 Å². The Balaban J connectivity index is 1.61. The number of halogens is 2. The standard InChI is InChI=1S/C22H22ClFN4O3S/c1-27-13-25-12-21(27)16-5-3-4-15(10-16)19-11-20(28(2)32(30,31)26-19)22(29)9-14-6-7-18(24)17(23)8-14/h3-8,10,12-13,19-20,26H,9,11H2,1-2H3. The van der Waals surface area contributed by atoms with Crippen LogP contribution in [0.5, 0.6) is 0 Å². The molecule has 1 saturated heterocycles. The minimum Gasteiger partial charge on any atom is -0.334 e. The normalized spacial score (nSPS) is 20.9. The zero-order valence-corrected chi connectivity index (χ0v) is 19.1. The van der Waals surface area contributed by atoms with Crippen molar-refractivity contribution < 1.29 is 17.6 Å². The molecule has 0 spiro atoms. The number of aryl methyl sites for hydroxylation is 1. The molecule has 0 bridgehead atoms. The lowest BCUT2D eigenvalue weighted by Gasteiger charge is -2.36. The minimum atomic E-state index is -3.88. The second kappa shape index (κ2) is 8.74. The first-order chi connectivity index (χ1) is 15.2. The number of aromatic nitrogens is 2. The molecule has 32 heavy (non-hydrogen) atoms. The number of rotatable bonds is 5. The smallest absolute Gasteiger partial charge is 0.280 e. The summed E-state index contributed by atoms with van der Waals surface area (Å²) in [6, 6.07) is 10.1. The average molecular weight is 477 g/mol. The molecule has 2 heterocycles. The molecule has 4 rings (SSSR count). The Bertz CT molecular complexity index is 1280. The SMILES string of the molecule is CN1C(C(=O)Cc2ccc(F)c(Cl)c2)CC(c2cccc(-c3cncn3C)c2)NS1(=O)=O. The number of carbonyl (C=O) groups is 1. The lowest BCUT2D eigenvalue weighted by atomic mass is 9.93. The molecule has 1 aliphatic heterocycles. The molecule has 7 nitrogen and oxygen atoms in total. The monoisotopic (exact) mass is 476 g/mol. The second-order valence-corrected chi connectivity index (χ2v) is 10.0. The summed E-state index contributed by atoms with van der Waals surface area (Å²) in [6.45, 7) is 0. The van der Waals surface area contributed by atoms with E-state index in [1.54, 1.807) is 12.5 Å². The maximum Gasteiger partial charge on any atom is 0.280 e. The summed E-state index contributed by atoms with van der Waals surface area (Å²) >= 11 is 5.82. The Morgan fingerprint density at radius 2 is 2.03 bits per heavy atom. The number of ketones is 1. The van der Waals surface area contributed by atoms with Crippen LogP contribution in [0.1, 0.15) is 23.6 Å². The topological polar surface area (TPSA) is 84.3 Å². The van der Waals surface area contributed by atoms with E-state index in [2.05, 4.69) is 9.71 Å². The van der Waals surface area contributed by atoms with Gasteiger partial charge < -0.3 is 4.57 Å². The number of benzene rings is 2. The molecular weight excluding hydrogens is 455 g/mol. The molecule has 1 N–H and O–H groups in total. The van der Waals surface area contributed by atoms with Crippen LogP contribution in [0.4, 0.5) is 4.39 Å². The summed E-state index contributed by atoms with van der Waals surface area (Å²) < 4.78 is 44.6. The van der Waals surface area contributed by atoms with Crippen LogP contribution in [0, 0.1) is 5.82 Å². The van der Waals surface area contributed by atoms with Gasteiger partial charge in [-0.3, -0.25) is 4.79 Å². The molecule has 2 atom stereocenters. The Morgan fingerprint density at radius 3 is 2.72 bits per heavy atom. The number of hydrogen-bond donors (Lipinski definition) is 1. The number of Topliss-reactive ketones (excluding diaryl/α,β-unsaturated/α-hetero) is 1. The third kappa shape index (κ3) is 4.47. The van der Waals surface area contributed by atoms with Crippen LogP contribution in [0.3, 0.4) is 0 Å². The predicted octanol–water partition coefficient (Wildman–Crippen LogP) is 3.27. The first-order valence-corrected chi connectivity index (χ1v) is 11.8. The fraction of sp³-hybridized carbons (Fsp3) is 0.273. The van der Waals surface area contributed by atoms with Crippen LogP contribution in [0.15, 0.2) is 55.0 Å². The summed E-state index contributed by atoms with van der Waals surface area (Å²) in [6.07, 6.45) is 3.64. The lowest BCUT2D eigenvalue weighted by molar-refractivity contribution is -0.122. The van der Waals surface area contributed by atoms with Crippen molar-refractivity contribution in [2.75, 3.05) is 7.05 Å². The molecule has 0 saturated carbocycles. The predicted molar refractivity (Wildman–Crippen MR) is 120 cm³/mol. The van der Waals surface area contributed by atoms with Crippen molar-refractivity contribution in [3.05, 3.63) is 77.0 Å². The van der Waals surface area contributed by atoms with Gasteiger partial charge in [-0.1, -0.05) is 35.9 Å². The maximum atomic E-state index is 13.4. The van der Waals surface area contributed by atoms with E-state index < -0.39 is 28.1 Å². The van der Waals surface area contributed by atoms with Crippen molar-refractivity contribution in [2.24, 2.45) is 7.05 Å². The Labute approximate surface area is 191 Å². The summed E-state index contributed by atoms with van der Waals surface area (Å²) in [5.74, 6) is -0.856. The molecule has 2 unspecified atom stereocenters. The van der Waals surface area contributed by atoms with E-state index in [9.17, 15) is 17.6 Å². The van der Waals surface area contributed by atoms with Crippen molar-refractivity contribution >= 4 is 27.6 Å². The van der Waals surface area contributed by atoms with E-state index in [0.29, 0.717) is 5.56 Å². The van der Waals surface area contributed by atoms with Crippen LogP contribution >= 0.6 is 11.6 Å². The number of imidazole rings is 1. The van der Waals surface area contributed by atoms with Crippen LogP contribution in [-0.4, -0.2) is 41.1 Å². The molecule has 168 valence electrons. The quantitative estimate of drug-likeness (QED) is 0.612. The molecule has 1 fully saturated rings. The number of likely N-dealkylation sites (N-methyl/N-ethyl adjacent to an activating group) is 1. The molecular formula is C22H22ClFN4O3S. The van der Waals surface area contributed by atoms with E-state index in [4.69, 9.17) is 11.6 Å². The van der Waals surface area contributed by atoms with Crippen molar-refractivity contribution in [3.63, 3.8) is 0 Å². The summed E-state index contributed by atoms with van der Waals surface area (Å²) in [5.41, 5.74) is 3.07. The van der Waals surface area contributed by atoms with E-state index in [-0.39, 0.29) is 23.6 Å². The van der Waals surface area contributed by atoms with Gasteiger partial charge >= 0.3 is 0 Å². The van der Waals surface area contributed by atoms with Gasteiger partial charge in [0.05, 0.1) is 29.3 Å². The lowest BCUT2D eigenvalue weighted by Crippen LogP contribution is -2.55. The van der Waals surface area contributed by atoms with Gasteiger partial charge in [-0.2, -0.15) is 17.4 Å². The van der Waals surface area contributed by atoms with Gasteiger partial charge in [-0.05, 0) is 35.7 Å². The fourth-order valence-electron chi connectivity index (χ4n) is 3.91. The number of hydrogen-bond acceptors (Lipinski definition) is 4. The van der Waals surface area contributed by atoms with Gasteiger partial charge in [0, 0.05) is 32.1 Å². The highest BCUT2D eigenvalue weighted by Crippen LogP contribution is 2.31. The summed E-state index contributed by atoms with van der Waals surface area (Å²) in [5, 5.41) is -0.0774. The van der Waals surface area contributed by atoms with Crippen LogP contribution in [0.25, 0.3) is 11.3 Å². The molecule has 0 radical (unpaired) electrons. The van der Waals surface area contributed by atoms with Crippen molar-refractivity contribution in [3.8, 4) is 11.3 Å².